The molecule has 2 aromatic heterocycles. The van der Waals surface area contributed by atoms with E-state index >= 15 is 0 Å². The monoisotopic (exact) mass is 688 g/mol. The van der Waals surface area contributed by atoms with E-state index in [1.54, 1.807) is 48.5 Å². The van der Waals surface area contributed by atoms with Crippen LogP contribution in [-0.2, 0) is 9.59 Å². The summed E-state index contributed by atoms with van der Waals surface area (Å²) in [5.74, 6) is 1.49. The Morgan fingerprint density at radius 2 is 1.27 bits per heavy atom. The van der Waals surface area contributed by atoms with Crippen LogP contribution in [0.25, 0.3) is 0 Å². The van der Waals surface area contributed by atoms with Gasteiger partial charge in [0, 0.05) is 41.6 Å². The minimum atomic E-state index is -0.318. The van der Waals surface area contributed by atoms with Crippen molar-refractivity contribution in [1.82, 2.24) is 10.6 Å². The normalized spacial score (nSPS) is 14.4. The zero-order valence-electron chi connectivity index (χ0n) is 26.3. The van der Waals surface area contributed by atoms with Crippen molar-refractivity contribution in [3.8, 4) is 11.5 Å². The van der Waals surface area contributed by atoms with Crippen molar-refractivity contribution in [3.05, 3.63) is 108 Å². The Morgan fingerprint density at radius 1 is 0.729 bits per heavy atom. The quantitative estimate of drug-likeness (QED) is 0.101. The van der Waals surface area contributed by atoms with Crippen LogP contribution in [0.5, 0.6) is 11.5 Å². The molecule has 2 atom stereocenters. The van der Waals surface area contributed by atoms with Crippen LogP contribution in [-0.4, -0.2) is 59.4 Å². The number of ketones is 2. The third-order valence-electron chi connectivity index (χ3n) is 7.11. The maximum atomic E-state index is 12.1. The van der Waals surface area contributed by atoms with Gasteiger partial charge in [0.05, 0.1) is 19.1 Å². The standard InChI is InChI=1S/C18H19NO5S.C18H17NO3S/c1-2-22-13-5-7-14(8-6-13)24-12-18(21)19-11-15(25)10-16(20)17-4-3-9-23-17;20-16(17-7-4-8-22-17)9-13(23)11-19-18(21)15-10-14(15)12-5-2-1-3-6-12/h3-9H,2,10-12H2,1H3,(H,19,21);1-8,14-15H,9-11H2,(H,19,21)/t;14-,15?/m.0/s1. The Hall–Kier alpha value is -4.94. The van der Waals surface area contributed by atoms with Gasteiger partial charge in [0.25, 0.3) is 5.91 Å². The number of thiocarbonyl (C=S) groups is 2. The third kappa shape index (κ3) is 11.7. The van der Waals surface area contributed by atoms with E-state index in [1.165, 1.54) is 18.1 Å². The molecule has 12 heteroatoms. The minimum absolute atomic E-state index is 0.00616. The first-order valence-electron chi connectivity index (χ1n) is 15.3. The van der Waals surface area contributed by atoms with E-state index in [2.05, 4.69) is 10.6 Å². The Balaban J connectivity index is 0.000000217. The lowest BCUT2D eigenvalue weighted by Gasteiger charge is -2.09. The lowest BCUT2D eigenvalue weighted by Crippen LogP contribution is -2.33. The Labute approximate surface area is 289 Å². The van der Waals surface area contributed by atoms with Crippen LogP contribution >= 0.6 is 24.4 Å². The summed E-state index contributed by atoms with van der Waals surface area (Å²) in [5, 5.41) is 5.45. The van der Waals surface area contributed by atoms with Crippen molar-refractivity contribution in [2.45, 2.75) is 32.1 Å². The molecule has 48 heavy (non-hydrogen) atoms. The lowest BCUT2D eigenvalue weighted by molar-refractivity contribution is -0.123. The first-order valence-corrected chi connectivity index (χ1v) is 16.2. The fourth-order valence-corrected chi connectivity index (χ4v) is 5.00. The van der Waals surface area contributed by atoms with Crippen LogP contribution in [0.1, 0.15) is 58.8 Å². The van der Waals surface area contributed by atoms with Crippen molar-refractivity contribution in [3.63, 3.8) is 0 Å². The van der Waals surface area contributed by atoms with E-state index in [4.69, 9.17) is 42.7 Å². The van der Waals surface area contributed by atoms with Crippen LogP contribution in [0.15, 0.2) is 100 Å². The smallest absolute Gasteiger partial charge is 0.258 e. The fraction of sp³-hybridized carbons (Fsp3) is 0.278. The van der Waals surface area contributed by atoms with E-state index in [0.717, 1.165) is 12.2 Å². The molecule has 4 aromatic rings. The predicted octanol–water partition coefficient (Wildman–Crippen LogP) is 5.96. The molecule has 2 N–H and O–H groups in total. The van der Waals surface area contributed by atoms with E-state index in [9.17, 15) is 19.2 Å². The zero-order valence-corrected chi connectivity index (χ0v) is 28.0. The Morgan fingerprint density at radius 3 is 1.79 bits per heavy atom. The Bertz CT molecular complexity index is 1670. The number of nitrogens with one attached hydrogen (secondary N) is 2. The molecule has 250 valence electrons. The second-order valence-corrected chi connectivity index (χ2v) is 11.9. The fourth-order valence-electron chi connectivity index (χ4n) is 4.60. The molecule has 0 spiro atoms. The molecule has 10 nitrogen and oxygen atoms in total. The number of hydrogen-bond donors (Lipinski definition) is 2. The minimum Gasteiger partial charge on any atom is -0.494 e. The van der Waals surface area contributed by atoms with Gasteiger partial charge >= 0.3 is 0 Å². The topological polar surface area (TPSA) is 137 Å². The summed E-state index contributed by atoms with van der Waals surface area (Å²) >= 11 is 10.3. The largest absolute Gasteiger partial charge is 0.494 e. The highest BCUT2D eigenvalue weighted by molar-refractivity contribution is 7.80. The molecule has 0 bridgehead atoms. The molecule has 5 rings (SSSR count). The number of carbonyl (C=O) groups excluding carboxylic acids is 4. The molecule has 2 aromatic carbocycles. The molecule has 1 unspecified atom stereocenters. The van der Waals surface area contributed by atoms with Crippen LogP contribution in [0, 0.1) is 5.92 Å². The van der Waals surface area contributed by atoms with Crippen molar-refractivity contribution < 1.29 is 37.5 Å². The lowest BCUT2D eigenvalue weighted by atomic mass is 10.1. The maximum Gasteiger partial charge on any atom is 0.258 e. The number of rotatable bonds is 17. The van der Waals surface area contributed by atoms with Crippen molar-refractivity contribution in [1.29, 1.82) is 0 Å². The molecular weight excluding hydrogens is 653 g/mol. The highest BCUT2D eigenvalue weighted by Gasteiger charge is 2.43. The van der Waals surface area contributed by atoms with E-state index in [1.807, 2.05) is 37.3 Å². The average Bonchev–Trinajstić information content (AvgIpc) is 3.42. The summed E-state index contributed by atoms with van der Waals surface area (Å²) < 4.78 is 20.8. The van der Waals surface area contributed by atoms with Crippen LogP contribution in [0.3, 0.4) is 0 Å². The van der Waals surface area contributed by atoms with E-state index < -0.39 is 0 Å². The molecule has 0 radical (unpaired) electrons. The van der Waals surface area contributed by atoms with Gasteiger partial charge in [0.15, 0.2) is 18.1 Å². The summed E-state index contributed by atoms with van der Waals surface area (Å²) in [5.41, 5.74) is 1.20. The van der Waals surface area contributed by atoms with Gasteiger partial charge in [-0.2, -0.15) is 0 Å². The van der Waals surface area contributed by atoms with Gasteiger partial charge in [0.2, 0.25) is 17.5 Å². The van der Waals surface area contributed by atoms with Gasteiger partial charge in [-0.05, 0) is 73.4 Å². The summed E-state index contributed by atoms with van der Waals surface area (Å²) in [4.78, 5) is 48.5. The van der Waals surface area contributed by atoms with E-state index in [0.29, 0.717) is 33.8 Å². The summed E-state index contributed by atoms with van der Waals surface area (Å²) in [6.07, 6.45) is 3.90. The molecule has 0 aliphatic heterocycles. The number of ether oxygens (including phenoxy) is 2. The molecule has 1 saturated carbocycles. The zero-order chi connectivity index (χ0) is 34.3. The number of amides is 2. The summed E-state index contributed by atoms with van der Waals surface area (Å²) in [6.45, 7) is 2.74. The summed E-state index contributed by atoms with van der Waals surface area (Å²) in [7, 11) is 0. The number of furan rings is 2. The number of carbonyl (C=O) groups is 4. The van der Waals surface area contributed by atoms with Crippen molar-refractivity contribution in [2.24, 2.45) is 5.92 Å². The molecule has 1 fully saturated rings. The second-order valence-electron chi connectivity index (χ2n) is 10.8. The molecule has 0 saturated heterocycles. The molecule has 1 aliphatic carbocycles. The number of benzene rings is 2. The van der Waals surface area contributed by atoms with Gasteiger partial charge in [-0.25, -0.2) is 0 Å². The summed E-state index contributed by atoms with van der Waals surface area (Å²) in [6, 6.07) is 23.5. The highest BCUT2D eigenvalue weighted by Crippen LogP contribution is 2.47. The van der Waals surface area contributed by atoms with Gasteiger partial charge in [-0.1, -0.05) is 54.8 Å². The molecule has 1 aliphatic rings. The SMILES string of the molecule is CCOc1ccc(OCC(=O)NCC(=S)CC(=O)c2ccco2)cc1.O=C(CC(=S)CNC(=O)C1C[C@H]1c1ccccc1)c1ccco1. The van der Waals surface area contributed by atoms with E-state index in [-0.39, 0.29) is 67.6 Å². The predicted molar refractivity (Wildman–Crippen MR) is 187 cm³/mol. The number of Topliss-reactive ketones (excluding diaryl/α,β-unsaturated/α-hetero) is 2. The van der Waals surface area contributed by atoms with Gasteiger partial charge in [0.1, 0.15) is 11.5 Å². The molecule has 2 heterocycles. The first-order chi connectivity index (χ1) is 23.2. The maximum absolute atomic E-state index is 12.1. The number of hydrogen-bond acceptors (Lipinski definition) is 10. The Kier molecular flexibility index (Phi) is 13.8. The van der Waals surface area contributed by atoms with Crippen LogP contribution in [0.2, 0.25) is 0 Å². The van der Waals surface area contributed by atoms with Gasteiger partial charge in [-0.3, -0.25) is 19.2 Å². The highest BCUT2D eigenvalue weighted by atomic mass is 32.1. The van der Waals surface area contributed by atoms with Gasteiger partial charge < -0.3 is 28.9 Å². The van der Waals surface area contributed by atoms with Crippen LogP contribution < -0.4 is 20.1 Å². The molecular formula is C36H36N2O8S2. The van der Waals surface area contributed by atoms with Crippen LogP contribution in [0.4, 0.5) is 0 Å². The average molecular weight is 689 g/mol. The first kappa shape index (κ1) is 35.9. The van der Waals surface area contributed by atoms with Crippen molar-refractivity contribution in [2.75, 3.05) is 26.3 Å². The second kappa shape index (κ2) is 18.4. The van der Waals surface area contributed by atoms with Crippen molar-refractivity contribution >= 4 is 57.5 Å². The molecule has 2 amide bonds. The van der Waals surface area contributed by atoms with Gasteiger partial charge in [-0.15, -0.1) is 0 Å². The third-order valence-corrected chi connectivity index (χ3v) is 7.69.